The maximum atomic E-state index is 13.2. The highest BCUT2D eigenvalue weighted by molar-refractivity contribution is 6.03. The van der Waals surface area contributed by atoms with Gasteiger partial charge in [-0.3, -0.25) is 9.89 Å². The molecular formula is C10H6F3N3O. The average Bonchev–Trinajstić information content (AvgIpc) is 2.78. The molecule has 0 saturated carbocycles. The minimum atomic E-state index is -1.37. The lowest BCUT2D eigenvalue weighted by atomic mass is 10.2. The number of hydrogen-bond acceptors (Lipinski definition) is 2. The van der Waals surface area contributed by atoms with E-state index in [1.165, 1.54) is 12.4 Å². The highest BCUT2D eigenvalue weighted by Gasteiger charge is 2.14. The molecule has 88 valence electrons. The Morgan fingerprint density at radius 1 is 1.29 bits per heavy atom. The molecule has 0 spiro atoms. The van der Waals surface area contributed by atoms with Gasteiger partial charge in [0.05, 0.1) is 17.4 Å². The molecule has 2 N–H and O–H groups in total. The molecule has 0 aliphatic rings. The second-order valence-electron chi connectivity index (χ2n) is 3.19. The van der Waals surface area contributed by atoms with Gasteiger partial charge in [0.2, 0.25) is 0 Å². The third-order valence-electron chi connectivity index (χ3n) is 2.00. The number of carbonyl (C=O) groups is 1. The second kappa shape index (κ2) is 4.28. The van der Waals surface area contributed by atoms with E-state index < -0.39 is 29.0 Å². The van der Waals surface area contributed by atoms with Crippen molar-refractivity contribution in [2.24, 2.45) is 0 Å². The van der Waals surface area contributed by atoms with Crippen molar-refractivity contribution in [3.63, 3.8) is 0 Å². The number of aromatic amines is 1. The Morgan fingerprint density at radius 3 is 2.71 bits per heavy atom. The van der Waals surface area contributed by atoms with Crippen LogP contribution in [0.3, 0.4) is 0 Å². The standard InChI is InChI=1S/C10H6F3N3O/c11-6-1-7(12)9(13)8(2-6)16-10(17)5-3-14-15-4-5/h1-4H,(H,14,15)(H,16,17). The molecule has 0 unspecified atom stereocenters. The van der Waals surface area contributed by atoms with E-state index in [1.54, 1.807) is 0 Å². The van der Waals surface area contributed by atoms with Crippen molar-refractivity contribution >= 4 is 11.6 Å². The smallest absolute Gasteiger partial charge is 0.258 e. The first kappa shape index (κ1) is 11.2. The Balaban J connectivity index is 2.28. The number of hydrogen-bond donors (Lipinski definition) is 2. The molecule has 0 radical (unpaired) electrons. The van der Waals surface area contributed by atoms with Gasteiger partial charge in [-0.2, -0.15) is 5.10 Å². The Labute approximate surface area is 93.5 Å². The summed E-state index contributed by atoms with van der Waals surface area (Å²) in [6.45, 7) is 0. The number of amides is 1. The molecule has 4 nitrogen and oxygen atoms in total. The Kier molecular flexibility index (Phi) is 2.82. The van der Waals surface area contributed by atoms with Gasteiger partial charge in [-0.25, -0.2) is 13.2 Å². The summed E-state index contributed by atoms with van der Waals surface area (Å²) in [7, 11) is 0. The fraction of sp³-hybridized carbons (Fsp3) is 0. The molecule has 7 heteroatoms. The molecular weight excluding hydrogens is 235 g/mol. The predicted molar refractivity (Wildman–Crippen MR) is 52.9 cm³/mol. The molecule has 0 aliphatic carbocycles. The molecule has 0 fully saturated rings. The number of nitrogens with zero attached hydrogens (tertiary/aromatic N) is 1. The maximum Gasteiger partial charge on any atom is 0.258 e. The summed E-state index contributed by atoms with van der Waals surface area (Å²) in [5, 5.41) is 7.94. The van der Waals surface area contributed by atoms with Gasteiger partial charge in [0.1, 0.15) is 5.82 Å². The van der Waals surface area contributed by atoms with E-state index in [9.17, 15) is 18.0 Å². The predicted octanol–water partition coefficient (Wildman–Crippen LogP) is 2.08. The van der Waals surface area contributed by atoms with Crippen LogP contribution in [0.25, 0.3) is 0 Å². The molecule has 0 saturated heterocycles. The van der Waals surface area contributed by atoms with E-state index >= 15 is 0 Å². The fourth-order valence-electron chi connectivity index (χ4n) is 1.22. The largest absolute Gasteiger partial charge is 0.319 e. The van der Waals surface area contributed by atoms with Crippen LogP contribution in [0.2, 0.25) is 0 Å². The summed E-state index contributed by atoms with van der Waals surface area (Å²) in [5.74, 6) is -4.38. The molecule has 1 heterocycles. The zero-order valence-electron chi connectivity index (χ0n) is 8.30. The number of aromatic nitrogens is 2. The van der Waals surface area contributed by atoms with Crippen molar-refractivity contribution in [3.05, 3.63) is 47.5 Å². The second-order valence-corrected chi connectivity index (χ2v) is 3.19. The lowest BCUT2D eigenvalue weighted by Gasteiger charge is -2.05. The van der Waals surface area contributed by atoms with Crippen molar-refractivity contribution in [1.29, 1.82) is 0 Å². The van der Waals surface area contributed by atoms with E-state index in [0.717, 1.165) is 0 Å². The van der Waals surface area contributed by atoms with Crippen LogP contribution in [0.15, 0.2) is 24.5 Å². The number of nitrogens with one attached hydrogen (secondary N) is 2. The van der Waals surface area contributed by atoms with Gasteiger partial charge in [0.15, 0.2) is 11.6 Å². The molecule has 2 aromatic rings. The summed E-state index contributed by atoms with van der Waals surface area (Å²) in [6, 6.07) is 1.08. The third kappa shape index (κ3) is 2.27. The van der Waals surface area contributed by atoms with Crippen LogP contribution in [0.1, 0.15) is 10.4 Å². The van der Waals surface area contributed by atoms with E-state index in [0.29, 0.717) is 12.1 Å². The van der Waals surface area contributed by atoms with E-state index in [2.05, 4.69) is 10.2 Å². The highest BCUT2D eigenvalue weighted by Crippen LogP contribution is 2.19. The Bertz CT molecular complexity index is 554. The summed E-state index contributed by atoms with van der Waals surface area (Å²) >= 11 is 0. The number of benzene rings is 1. The van der Waals surface area contributed by atoms with Crippen LogP contribution in [-0.4, -0.2) is 16.1 Å². The number of carbonyl (C=O) groups excluding carboxylic acids is 1. The summed E-state index contributed by atoms with van der Waals surface area (Å²) < 4.78 is 38.9. The van der Waals surface area contributed by atoms with Crippen LogP contribution in [0, 0.1) is 17.5 Å². The van der Waals surface area contributed by atoms with Crippen molar-refractivity contribution in [3.8, 4) is 0 Å². The fourth-order valence-corrected chi connectivity index (χ4v) is 1.22. The van der Waals surface area contributed by atoms with E-state index in [-0.39, 0.29) is 5.56 Å². The van der Waals surface area contributed by atoms with Crippen molar-refractivity contribution in [2.45, 2.75) is 0 Å². The lowest BCUT2D eigenvalue weighted by molar-refractivity contribution is 0.102. The number of anilines is 1. The van der Waals surface area contributed by atoms with Crippen LogP contribution in [0.4, 0.5) is 18.9 Å². The normalized spacial score (nSPS) is 10.3. The van der Waals surface area contributed by atoms with Crippen molar-refractivity contribution in [1.82, 2.24) is 10.2 Å². The van der Waals surface area contributed by atoms with Gasteiger partial charge < -0.3 is 5.32 Å². The number of rotatable bonds is 2. The number of H-pyrrole nitrogens is 1. The Hall–Kier alpha value is -2.31. The van der Waals surface area contributed by atoms with Gasteiger partial charge in [-0.05, 0) is 0 Å². The minimum Gasteiger partial charge on any atom is -0.319 e. The molecule has 2 rings (SSSR count). The molecule has 0 aliphatic heterocycles. The van der Waals surface area contributed by atoms with Gasteiger partial charge in [0.25, 0.3) is 5.91 Å². The van der Waals surface area contributed by atoms with Crippen LogP contribution < -0.4 is 5.32 Å². The average molecular weight is 241 g/mol. The first-order valence-electron chi connectivity index (χ1n) is 4.52. The van der Waals surface area contributed by atoms with Gasteiger partial charge in [0, 0.05) is 18.3 Å². The third-order valence-corrected chi connectivity index (χ3v) is 2.00. The molecule has 0 bridgehead atoms. The molecule has 0 atom stereocenters. The van der Waals surface area contributed by atoms with Crippen LogP contribution >= 0.6 is 0 Å². The van der Waals surface area contributed by atoms with E-state index in [4.69, 9.17) is 0 Å². The van der Waals surface area contributed by atoms with Gasteiger partial charge >= 0.3 is 0 Å². The van der Waals surface area contributed by atoms with Gasteiger partial charge in [-0.1, -0.05) is 0 Å². The monoisotopic (exact) mass is 241 g/mol. The first-order valence-corrected chi connectivity index (χ1v) is 4.52. The SMILES string of the molecule is O=C(Nc1cc(F)cc(F)c1F)c1cn[nH]c1. The summed E-state index contributed by atoms with van der Waals surface area (Å²) in [5.41, 5.74) is -0.442. The van der Waals surface area contributed by atoms with Crippen LogP contribution in [-0.2, 0) is 0 Å². The van der Waals surface area contributed by atoms with Gasteiger partial charge in [-0.15, -0.1) is 0 Å². The van der Waals surface area contributed by atoms with Crippen molar-refractivity contribution in [2.75, 3.05) is 5.32 Å². The topological polar surface area (TPSA) is 57.8 Å². The Morgan fingerprint density at radius 2 is 2.06 bits per heavy atom. The van der Waals surface area contributed by atoms with Crippen molar-refractivity contribution < 1.29 is 18.0 Å². The summed E-state index contributed by atoms with van der Waals surface area (Å²) in [6.07, 6.45) is 2.46. The molecule has 1 amide bonds. The lowest BCUT2D eigenvalue weighted by Crippen LogP contribution is -2.13. The zero-order chi connectivity index (χ0) is 12.4. The summed E-state index contributed by atoms with van der Waals surface area (Å²) in [4.78, 5) is 11.5. The molecule has 1 aromatic carbocycles. The minimum absolute atomic E-state index is 0.120. The highest BCUT2D eigenvalue weighted by atomic mass is 19.2. The van der Waals surface area contributed by atoms with Crippen LogP contribution in [0.5, 0.6) is 0 Å². The maximum absolute atomic E-state index is 13.2. The van der Waals surface area contributed by atoms with E-state index in [1.807, 2.05) is 5.32 Å². The molecule has 1 aromatic heterocycles. The first-order chi connectivity index (χ1) is 8.08. The molecule has 17 heavy (non-hydrogen) atoms. The quantitative estimate of drug-likeness (QED) is 0.791. The number of halogens is 3. The zero-order valence-corrected chi connectivity index (χ0v) is 8.30.